The van der Waals surface area contributed by atoms with E-state index in [-0.39, 0.29) is 11.8 Å². The first-order chi connectivity index (χ1) is 17.2. The van der Waals surface area contributed by atoms with E-state index in [1.54, 1.807) is 0 Å². The maximum Gasteiger partial charge on any atom is 0.359 e. The van der Waals surface area contributed by atoms with Crippen molar-refractivity contribution in [1.29, 1.82) is 0 Å². The van der Waals surface area contributed by atoms with E-state index in [4.69, 9.17) is 8.83 Å². The lowest BCUT2D eigenvalue weighted by Gasteiger charge is -2.05. The topological polar surface area (TPSA) is 78.5 Å². The minimum absolute atomic E-state index is 0.205. The first-order valence-electron chi connectivity index (χ1n) is 11.3. The third-order valence-electron chi connectivity index (χ3n) is 6.71. The summed E-state index contributed by atoms with van der Waals surface area (Å²) in [7, 11) is 0. The van der Waals surface area contributed by atoms with Gasteiger partial charge >= 0.3 is 11.5 Å². The molecule has 4 aromatic heterocycles. The van der Waals surface area contributed by atoms with Gasteiger partial charge in [-0.05, 0) is 48.9 Å². The Morgan fingerprint density at radius 2 is 1.54 bits per heavy atom. The number of aromatic nitrogens is 4. The van der Waals surface area contributed by atoms with Crippen LogP contribution in [0, 0.1) is 6.92 Å². The van der Waals surface area contributed by atoms with Gasteiger partial charge in [0, 0.05) is 16.2 Å². The van der Waals surface area contributed by atoms with Crippen molar-refractivity contribution in [2.24, 2.45) is 0 Å². The summed E-state index contributed by atoms with van der Waals surface area (Å²) in [4.78, 5) is 22.3. The summed E-state index contributed by atoms with van der Waals surface area (Å²) in [5, 5.41) is 4.06. The number of oxazole rings is 1. The van der Waals surface area contributed by atoms with E-state index in [0.29, 0.717) is 11.1 Å². The number of hydrogen-bond donors (Lipinski definition) is 0. The van der Waals surface area contributed by atoms with Gasteiger partial charge in [-0.3, -0.25) is 4.57 Å². The molecule has 4 aromatic carbocycles. The molecule has 0 aliphatic heterocycles. The van der Waals surface area contributed by atoms with E-state index < -0.39 is 5.69 Å². The van der Waals surface area contributed by atoms with Gasteiger partial charge in [0.1, 0.15) is 11.2 Å². The molecule has 35 heavy (non-hydrogen) atoms. The predicted molar refractivity (Wildman–Crippen MR) is 135 cm³/mol. The molecule has 0 radical (unpaired) electrons. The van der Waals surface area contributed by atoms with Crippen LogP contribution in [0.15, 0.2) is 92.5 Å². The maximum atomic E-state index is 13.2. The van der Waals surface area contributed by atoms with Gasteiger partial charge in [0.15, 0.2) is 5.58 Å². The van der Waals surface area contributed by atoms with Crippen LogP contribution in [0.5, 0.6) is 0 Å². The van der Waals surface area contributed by atoms with E-state index in [1.807, 2.05) is 78.2 Å². The third-order valence-corrected chi connectivity index (χ3v) is 6.71. The van der Waals surface area contributed by atoms with Crippen molar-refractivity contribution in [2.75, 3.05) is 0 Å². The highest BCUT2D eigenvalue weighted by Gasteiger charge is 2.21. The van der Waals surface area contributed by atoms with Crippen LogP contribution in [0.4, 0.5) is 0 Å². The Kier molecular flexibility index (Phi) is 3.36. The number of hydrogen-bond acceptors (Lipinski definition) is 5. The molecule has 0 atom stereocenters. The summed E-state index contributed by atoms with van der Waals surface area (Å²) in [6.45, 7) is 1.97. The molecule has 0 N–H and O–H groups in total. The Labute approximate surface area is 196 Å². The fourth-order valence-corrected chi connectivity index (χ4v) is 5.19. The molecule has 7 nitrogen and oxygen atoms in total. The summed E-state index contributed by atoms with van der Waals surface area (Å²) in [5.41, 5.74) is 5.20. The smallest absolute Gasteiger partial charge is 0.359 e. The van der Waals surface area contributed by atoms with E-state index in [1.165, 1.54) is 4.40 Å². The number of fused-ring (bicyclic) bond motifs is 10. The molecule has 0 amide bonds. The van der Waals surface area contributed by atoms with Gasteiger partial charge in [-0.15, -0.1) is 0 Å². The van der Waals surface area contributed by atoms with Crippen LogP contribution in [-0.4, -0.2) is 18.9 Å². The molecule has 4 heterocycles. The van der Waals surface area contributed by atoms with Gasteiger partial charge in [-0.1, -0.05) is 42.5 Å². The molecule has 0 unspecified atom stereocenters. The van der Waals surface area contributed by atoms with Gasteiger partial charge in [-0.2, -0.15) is 9.97 Å². The Balaban J connectivity index is 1.52. The lowest BCUT2D eigenvalue weighted by atomic mass is 10.1. The molecule has 0 aliphatic rings. The highest BCUT2D eigenvalue weighted by atomic mass is 16.4. The highest BCUT2D eigenvalue weighted by Crippen LogP contribution is 2.39. The summed E-state index contributed by atoms with van der Waals surface area (Å²) >= 11 is 0. The van der Waals surface area contributed by atoms with Crippen molar-refractivity contribution in [3.05, 3.63) is 94.9 Å². The van der Waals surface area contributed by atoms with Crippen LogP contribution in [0.3, 0.4) is 0 Å². The van der Waals surface area contributed by atoms with Gasteiger partial charge in [0.2, 0.25) is 5.95 Å². The number of para-hydroxylation sites is 2. The molecule has 0 saturated carbocycles. The molecule has 8 rings (SSSR count). The van der Waals surface area contributed by atoms with Gasteiger partial charge in [0.05, 0.1) is 21.9 Å². The van der Waals surface area contributed by atoms with Crippen molar-refractivity contribution < 1.29 is 8.83 Å². The minimum Gasteiger partial charge on any atom is -0.455 e. The molecule has 0 saturated heterocycles. The van der Waals surface area contributed by atoms with Gasteiger partial charge < -0.3 is 8.83 Å². The van der Waals surface area contributed by atoms with E-state index in [0.717, 1.165) is 49.3 Å². The van der Waals surface area contributed by atoms with Crippen LogP contribution < -0.4 is 5.69 Å². The maximum absolute atomic E-state index is 13.2. The first kappa shape index (κ1) is 18.5. The predicted octanol–water partition coefficient (Wildman–Crippen LogP) is 6.14. The molecule has 8 aromatic rings. The Bertz CT molecular complexity index is 2210. The zero-order valence-corrected chi connectivity index (χ0v) is 18.5. The Morgan fingerprint density at radius 1 is 0.714 bits per heavy atom. The van der Waals surface area contributed by atoms with Crippen LogP contribution >= 0.6 is 0 Å². The lowest BCUT2D eigenvalue weighted by molar-refractivity contribution is 0.626. The van der Waals surface area contributed by atoms with E-state index in [2.05, 4.69) is 22.1 Å². The van der Waals surface area contributed by atoms with Crippen molar-refractivity contribution in [1.82, 2.24) is 18.9 Å². The molecule has 7 heteroatoms. The fourth-order valence-electron chi connectivity index (χ4n) is 5.19. The Hall–Kier alpha value is -4.91. The molecule has 166 valence electrons. The normalized spacial score (nSPS) is 12.3. The second-order valence-electron chi connectivity index (χ2n) is 8.78. The first-order valence-corrected chi connectivity index (χ1v) is 11.3. The summed E-state index contributed by atoms with van der Waals surface area (Å²) < 4.78 is 15.6. The number of benzene rings is 4. The SMILES string of the molecule is Cc1ccc2oc3nc(-n4c5ccccc5c5c6oc7ccccc7c6ccc54)nc(=O)n3c2c1. The van der Waals surface area contributed by atoms with Crippen LogP contribution in [0.2, 0.25) is 0 Å². The van der Waals surface area contributed by atoms with Gasteiger partial charge in [-0.25, -0.2) is 9.20 Å². The van der Waals surface area contributed by atoms with E-state index in [9.17, 15) is 4.79 Å². The van der Waals surface area contributed by atoms with Crippen molar-refractivity contribution in [2.45, 2.75) is 6.92 Å². The van der Waals surface area contributed by atoms with Crippen molar-refractivity contribution >= 4 is 60.7 Å². The number of nitrogens with zero attached hydrogens (tertiary/aromatic N) is 4. The summed E-state index contributed by atoms with van der Waals surface area (Å²) in [6, 6.07) is 25.8. The average molecular weight is 456 g/mol. The monoisotopic (exact) mass is 456 g/mol. The molecule has 0 bridgehead atoms. The molecular weight excluding hydrogens is 440 g/mol. The zero-order valence-electron chi connectivity index (χ0n) is 18.5. The molecular formula is C28H16N4O3. The fraction of sp³-hybridized carbons (Fsp3) is 0.0357. The standard InChI is InChI=1S/C28H16N4O3/c1-15-10-13-23-21(14-15)32-27(33)29-26(30-28(32)35-23)31-19-8-4-2-7-18(19)24-20(31)12-11-17-16-6-3-5-9-22(16)34-25(17)24/h2-14H,1H3. The summed E-state index contributed by atoms with van der Waals surface area (Å²) in [6.07, 6.45) is 0. The van der Waals surface area contributed by atoms with Crippen LogP contribution in [0.25, 0.3) is 66.6 Å². The second kappa shape index (κ2) is 6.36. The molecule has 0 fully saturated rings. The quantitative estimate of drug-likeness (QED) is 0.296. The Morgan fingerprint density at radius 3 is 2.46 bits per heavy atom. The number of aryl methyl sites for hydroxylation is 1. The van der Waals surface area contributed by atoms with Crippen molar-refractivity contribution in [3.8, 4) is 5.95 Å². The van der Waals surface area contributed by atoms with Crippen LogP contribution in [0.1, 0.15) is 5.56 Å². The van der Waals surface area contributed by atoms with Crippen molar-refractivity contribution in [3.63, 3.8) is 0 Å². The largest absolute Gasteiger partial charge is 0.455 e. The number of rotatable bonds is 1. The lowest BCUT2D eigenvalue weighted by Crippen LogP contribution is -2.20. The average Bonchev–Trinajstić information content (AvgIpc) is 3.52. The van der Waals surface area contributed by atoms with Crippen LogP contribution in [-0.2, 0) is 0 Å². The minimum atomic E-state index is -0.440. The third kappa shape index (κ3) is 2.36. The van der Waals surface area contributed by atoms with E-state index >= 15 is 0 Å². The second-order valence-corrected chi connectivity index (χ2v) is 8.78. The molecule has 0 spiro atoms. The van der Waals surface area contributed by atoms with Gasteiger partial charge in [0.25, 0.3) is 0 Å². The highest BCUT2D eigenvalue weighted by molar-refractivity contribution is 6.23. The molecule has 0 aliphatic carbocycles. The summed E-state index contributed by atoms with van der Waals surface area (Å²) in [5.74, 6) is 0.462. The number of furan rings is 1. The zero-order chi connectivity index (χ0) is 23.3.